The lowest BCUT2D eigenvalue weighted by atomic mass is 9.92. The summed E-state index contributed by atoms with van der Waals surface area (Å²) in [6.07, 6.45) is 3.28. The topological polar surface area (TPSA) is 41.6 Å². The smallest absolute Gasteiger partial charge is 0.410 e. The van der Waals surface area contributed by atoms with Crippen LogP contribution in [0.1, 0.15) is 60.8 Å². The van der Waals surface area contributed by atoms with Crippen LogP contribution in [0.15, 0.2) is 0 Å². The summed E-state index contributed by atoms with van der Waals surface area (Å²) in [5.41, 5.74) is -0.420. The molecule has 1 amide bonds. The molecule has 0 spiro atoms. The first-order valence-corrected chi connectivity index (χ1v) is 8.42. The third-order valence-corrected chi connectivity index (χ3v) is 3.92. The summed E-state index contributed by atoms with van der Waals surface area (Å²) in [5, 5.41) is 3.62. The molecule has 0 aromatic rings. The molecule has 1 aliphatic heterocycles. The molecular weight excluding hydrogens is 264 g/mol. The van der Waals surface area contributed by atoms with Gasteiger partial charge in [-0.05, 0) is 52.0 Å². The van der Waals surface area contributed by atoms with E-state index in [-0.39, 0.29) is 6.09 Å². The maximum Gasteiger partial charge on any atom is 0.410 e. The van der Waals surface area contributed by atoms with E-state index in [9.17, 15) is 4.79 Å². The quantitative estimate of drug-likeness (QED) is 0.842. The van der Waals surface area contributed by atoms with Gasteiger partial charge >= 0.3 is 6.09 Å². The van der Waals surface area contributed by atoms with Crippen molar-refractivity contribution in [1.82, 2.24) is 10.2 Å². The van der Waals surface area contributed by atoms with Crippen molar-refractivity contribution in [2.75, 3.05) is 19.6 Å². The predicted octanol–water partition coefficient (Wildman–Crippen LogP) is 3.66. The number of likely N-dealkylation sites (tertiary alicyclic amines) is 1. The number of amides is 1. The fraction of sp³-hybridized carbons (Fsp3) is 0.941. The van der Waals surface area contributed by atoms with Crippen LogP contribution in [-0.2, 0) is 4.74 Å². The zero-order chi connectivity index (χ0) is 16.0. The summed E-state index contributed by atoms with van der Waals surface area (Å²) >= 11 is 0. The fourth-order valence-corrected chi connectivity index (χ4v) is 2.70. The molecule has 1 N–H and O–H groups in total. The molecule has 1 saturated heterocycles. The Kier molecular flexibility index (Phi) is 6.98. The molecule has 0 saturated carbocycles. The summed E-state index contributed by atoms with van der Waals surface area (Å²) in [4.78, 5) is 14.2. The number of carbonyl (C=O) groups excluding carboxylic acids is 1. The Morgan fingerprint density at radius 2 is 2.00 bits per heavy atom. The summed E-state index contributed by atoms with van der Waals surface area (Å²) < 4.78 is 5.52. The highest BCUT2D eigenvalue weighted by atomic mass is 16.6. The second-order valence-electron chi connectivity index (χ2n) is 7.73. The van der Waals surface area contributed by atoms with E-state index in [0.717, 1.165) is 32.5 Å². The summed E-state index contributed by atoms with van der Waals surface area (Å²) in [6.45, 7) is 15.1. The Hall–Kier alpha value is -0.770. The maximum absolute atomic E-state index is 12.3. The van der Waals surface area contributed by atoms with Crippen LogP contribution < -0.4 is 5.32 Å². The van der Waals surface area contributed by atoms with Gasteiger partial charge in [0, 0.05) is 19.1 Å². The van der Waals surface area contributed by atoms with Crippen molar-refractivity contribution in [3.8, 4) is 0 Å². The van der Waals surface area contributed by atoms with E-state index in [1.54, 1.807) is 0 Å². The predicted molar refractivity (Wildman–Crippen MR) is 87.5 cm³/mol. The number of hydrogen-bond donors (Lipinski definition) is 1. The van der Waals surface area contributed by atoms with Crippen molar-refractivity contribution in [1.29, 1.82) is 0 Å². The van der Waals surface area contributed by atoms with Gasteiger partial charge in [-0.15, -0.1) is 0 Å². The van der Waals surface area contributed by atoms with Crippen LogP contribution in [0, 0.1) is 11.8 Å². The number of piperidine rings is 1. The Morgan fingerprint density at radius 3 is 2.52 bits per heavy atom. The van der Waals surface area contributed by atoms with Gasteiger partial charge in [0.25, 0.3) is 0 Å². The first-order valence-electron chi connectivity index (χ1n) is 8.42. The molecule has 0 aromatic heterocycles. The minimum Gasteiger partial charge on any atom is -0.444 e. The molecule has 2 unspecified atom stereocenters. The van der Waals surface area contributed by atoms with E-state index in [0.29, 0.717) is 17.9 Å². The minimum absolute atomic E-state index is 0.170. The number of nitrogens with one attached hydrogen (secondary N) is 1. The Labute approximate surface area is 130 Å². The minimum atomic E-state index is -0.420. The van der Waals surface area contributed by atoms with Gasteiger partial charge in [0.05, 0.1) is 0 Å². The van der Waals surface area contributed by atoms with Gasteiger partial charge in [-0.3, -0.25) is 0 Å². The van der Waals surface area contributed by atoms with Crippen LogP contribution in [0.2, 0.25) is 0 Å². The molecule has 4 nitrogen and oxygen atoms in total. The monoisotopic (exact) mass is 298 g/mol. The summed E-state index contributed by atoms with van der Waals surface area (Å²) in [7, 11) is 0. The van der Waals surface area contributed by atoms with Crippen molar-refractivity contribution in [2.24, 2.45) is 11.8 Å². The van der Waals surface area contributed by atoms with Gasteiger partial charge in [-0.1, -0.05) is 27.2 Å². The largest absolute Gasteiger partial charge is 0.444 e. The Bertz CT molecular complexity index is 323. The lowest BCUT2D eigenvalue weighted by Crippen LogP contribution is -2.52. The zero-order valence-corrected chi connectivity index (χ0v) is 14.7. The van der Waals surface area contributed by atoms with Gasteiger partial charge in [0.1, 0.15) is 5.60 Å². The number of nitrogens with zero attached hydrogens (tertiary/aromatic N) is 1. The Morgan fingerprint density at radius 1 is 1.33 bits per heavy atom. The van der Waals surface area contributed by atoms with Gasteiger partial charge in [0.15, 0.2) is 0 Å². The van der Waals surface area contributed by atoms with Crippen molar-refractivity contribution < 1.29 is 9.53 Å². The average molecular weight is 298 g/mol. The van der Waals surface area contributed by atoms with Crippen molar-refractivity contribution in [3.05, 3.63) is 0 Å². The van der Waals surface area contributed by atoms with Crippen molar-refractivity contribution in [3.63, 3.8) is 0 Å². The molecule has 1 aliphatic rings. The molecule has 0 aliphatic carbocycles. The lowest BCUT2D eigenvalue weighted by molar-refractivity contribution is 0.0125. The third kappa shape index (κ3) is 7.16. The van der Waals surface area contributed by atoms with Gasteiger partial charge in [0.2, 0.25) is 0 Å². The van der Waals surface area contributed by atoms with E-state index in [4.69, 9.17) is 4.74 Å². The van der Waals surface area contributed by atoms with Crippen LogP contribution in [0.4, 0.5) is 4.79 Å². The number of ether oxygens (including phenoxy) is 1. The molecule has 1 heterocycles. The highest BCUT2D eigenvalue weighted by Gasteiger charge is 2.31. The van der Waals surface area contributed by atoms with Crippen LogP contribution in [0.3, 0.4) is 0 Å². The lowest BCUT2D eigenvalue weighted by Gasteiger charge is -2.38. The van der Waals surface area contributed by atoms with E-state index in [1.807, 2.05) is 25.7 Å². The van der Waals surface area contributed by atoms with Crippen LogP contribution >= 0.6 is 0 Å². The number of hydrogen-bond acceptors (Lipinski definition) is 3. The van der Waals surface area contributed by atoms with E-state index in [2.05, 4.69) is 26.1 Å². The first kappa shape index (κ1) is 18.3. The molecule has 2 atom stereocenters. The molecular formula is C17H34N2O2. The maximum atomic E-state index is 12.3. The average Bonchev–Trinajstić information content (AvgIpc) is 2.36. The molecule has 21 heavy (non-hydrogen) atoms. The normalized spacial score (nSPS) is 23.5. The fourth-order valence-electron chi connectivity index (χ4n) is 2.70. The second kappa shape index (κ2) is 8.02. The molecule has 4 heteroatoms. The molecule has 1 fully saturated rings. The third-order valence-electron chi connectivity index (χ3n) is 3.92. The van der Waals surface area contributed by atoms with Crippen LogP contribution in [-0.4, -0.2) is 42.3 Å². The van der Waals surface area contributed by atoms with Crippen LogP contribution in [0.5, 0.6) is 0 Å². The second-order valence-corrected chi connectivity index (χ2v) is 7.73. The van der Waals surface area contributed by atoms with Crippen molar-refractivity contribution >= 4 is 6.09 Å². The van der Waals surface area contributed by atoms with Crippen molar-refractivity contribution in [2.45, 2.75) is 72.4 Å². The van der Waals surface area contributed by atoms with Gasteiger partial charge < -0.3 is 15.0 Å². The first-order chi connectivity index (χ1) is 9.71. The molecule has 1 rings (SSSR count). The summed E-state index contributed by atoms with van der Waals surface area (Å²) in [5.74, 6) is 1.29. The van der Waals surface area contributed by atoms with Crippen LogP contribution in [0.25, 0.3) is 0 Å². The van der Waals surface area contributed by atoms with E-state index >= 15 is 0 Å². The molecule has 0 aromatic carbocycles. The molecule has 0 bridgehead atoms. The van der Waals surface area contributed by atoms with E-state index < -0.39 is 5.60 Å². The summed E-state index contributed by atoms with van der Waals surface area (Å²) in [6, 6.07) is 0.398. The highest BCUT2D eigenvalue weighted by molar-refractivity contribution is 5.68. The van der Waals surface area contributed by atoms with E-state index in [1.165, 1.54) is 6.42 Å². The number of rotatable bonds is 5. The SMILES string of the molecule is CCC1CC(NCCC(C)C)CN(C(=O)OC(C)(C)C)C1. The number of carbonyl (C=O) groups is 1. The molecule has 124 valence electrons. The Balaban J connectivity index is 2.54. The standard InChI is InChI=1S/C17H34N2O2/c1-7-14-10-15(18-9-8-13(2)3)12-19(11-14)16(20)21-17(4,5)6/h13-15,18H,7-12H2,1-6H3. The van der Waals surface area contributed by atoms with Gasteiger partial charge in [-0.25, -0.2) is 4.79 Å². The molecule has 0 radical (unpaired) electrons. The van der Waals surface area contributed by atoms with Gasteiger partial charge in [-0.2, -0.15) is 0 Å². The zero-order valence-electron chi connectivity index (χ0n) is 14.7. The highest BCUT2D eigenvalue weighted by Crippen LogP contribution is 2.22.